The van der Waals surface area contributed by atoms with Crippen LogP contribution in [0.15, 0.2) is 29.3 Å². The summed E-state index contributed by atoms with van der Waals surface area (Å²) >= 11 is 5.94. The normalized spacial score (nSPS) is 17.7. The number of nitrogens with one attached hydrogen (secondary N) is 2. The van der Waals surface area contributed by atoms with E-state index in [1.807, 2.05) is 41.0 Å². The van der Waals surface area contributed by atoms with Crippen LogP contribution in [0.3, 0.4) is 0 Å². The molecule has 0 atom stereocenters. The number of hydrogen-bond donors (Lipinski definition) is 2. The minimum Gasteiger partial charge on any atom is -0.357 e. The maximum atomic E-state index is 12.7. The van der Waals surface area contributed by atoms with E-state index in [2.05, 4.69) is 15.6 Å². The van der Waals surface area contributed by atoms with Crippen LogP contribution in [0.5, 0.6) is 0 Å². The van der Waals surface area contributed by atoms with E-state index in [1.165, 1.54) is 6.42 Å². The Hall–Kier alpha value is -2.28. The second-order valence-electron chi connectivity index (χ2n) is 7.87. The van der Waals surface area contributed by atoms with E-state index < -0.39 is 0 Å². The lowest BCUT2D eigenvalue weighted by atomic mass is 9.85. The van der Waals surface area contributed by atoms with Gasteiger partial charge in [0.15, 0.2) is 5.96 Å². The van der Waals surface area contributed by atoms with Crippen LogP contribution in [0.4, 0.5) is 0 Å². The fraction of sp³-hybridized carbons (Fsp3) is 0.591. The molecule has 2 aliphatic rings. The van der Waals surface area contributed by atoms with Gasteiger partial charge in [0, 0.05) is 50.2 Å². The summed E-state index contributed by atoms with van der Waals surface area (Å²) in [6.45, 7) is 6.34. The average molecular weight is 434 g/mol. The Morgan fingerprint density at radius 3 is 2.60 bits per heavy atom. The number of halogens is 1. The zero-order valence-electron chi connectivity index (χ0n) is 17.7. The molecule has 0 aromatic heterocycles. The molecule has 8 heteroatoms. The first-order valence-corrected chi connectivity index (χ1v) is 11.3. The molecule has 7 nitrogen and oxygen atoms in total. The summed E-state index contributed by atoms with van der Waals surface area (Å²) in [6.07, 6.45) is 4.00. The fourth-order valence-electron chi connectivity index (χ4n) is 3.58. The molecule has 0 radical (unpaired) electrons. The van der Waals surface area contributed by atoms with E-state index in [9.17, 15) is 9.59 Å². The lowest BCUT2D eigenvalue weighted by Gasteiger charge is -2.36. The fourth-order valence-corrected chi connectivity index (χ4v) is 3.71. The number of rotatable bonds is 8. The van der Waals surface area contributed by atoms with Crippen LogP contribution in [0.2, 0.25) is 5.02 Å². The van der Waals surface area contributed by atoms with Gasteiger partial charge in [0.2, 0.25) is 11.8 Å². The second-order valence-corrected chi connectivity index (χ2v) is 8.31. The lowest BCUT2D eigenvalue weighted by molar-refractivity contribution is -0.135. The Balaban J connectivity index is 1.44. The smallest absolute Gasteiger partial charge is 0.242 e. The van der Waals surface area contributed by atoms with Crippen LogP contribution in [-0.4, -0.2) is 66.8 Å². The van der Waals surface area contributed by atoms with Crippen molar-refractivity contribution in [2.24, 2.45) is 10.9 Å². The third-order valence-electron chi connectivity index (χ3n) is 5.61. The van der Waals surface area contributed by atoms with Crippen molar-refractivity contribution >= 4 is 29.4 Å². The minimum absolute atomic E-state index is 0.0922. The number of carbonyl (C=O) groups is 2. The van der Waals surface area contributed by atoms with Gasteiger partial charge in [-0.1, -0.05) is 30.2 Å². The molecular weight excluding hydrogens is 402 g/mol. The number of guanidine groups is 1. The van der Waals surface area contributed by atoms with E-state index in [-0.39, 0.29) is 17.7 Å². The van der Waals surface area contributed by atoms with Crippen molar-refractivity contribution < 1.29 is 9.59 Å². The summed E-state index contributed by atoms with van der Waals surface area (Å²) < 4.78 is 0. The Morgan fingerprint density at radius 2 is 1.97 bits per heavy atom. The summed E-state index contributed by atoms with van der Waals surface area (Å²) in [5.41, 5.74) is 1.07. The zero-order chi connectivity index (χ0) is 21.3. The van der Waals surface area contributed by atoms with Gasteiger partial charge in [-0.25, -0.2) is 0 Å². The molecule has 1 aliphatic carbocycles. The van der Waals surface area contributed by atoms with E-state index in [0.717, 1.165) is 43.9 Å². The highest BCUT2D eigenvalue weighted by Gasteiger charge is 2.26. The predicted molar refractivity (Wildman–Crippen MR) is 119 cm³/mol. The van der Waals surface area contributed by atoms with Crippen molar-refractivity contribution in [2.75, 3.05) is 39.3 Å². The molecule has 0 spiro atoms. The molecule has 1 heterocycles. The SMILES string of the molecule is CCNC(=NCCCNC(=O)C1CCC1)N1CCN(Cc2ccc(Cl)cc2)C(=O)C1. The number of amides is 2. The lowest BCUT2D eigenvalue weighted by Crippen LogP contribution is -2.55. The highest BCUT2D eigenvalue weighted by Crippen LogP contribution is 2.26. The molecule has 1 aromatic rings. The van der Waals surface area contributed by atoms with Gasteiger partial charge >= 0.3 is 0 Å². The predicted octanol–water partition coefficient (Wildman–Crippen LogP) is 2.26. The van der Waals surface area contributed by atoms with Crippen LogP contribution in [0, 0.1) is 5.92 Å². The maximum absolute atomic E-state index is 12.7. The Morgan fingerprint density at radius 1 is 1.20 bits per heavy atom. The maximum Gasteiger partial charge on any atom is 0.242 e. The van der Waals surface area contributed by atoms with Crippen LogP contribution >= 0.6 is 11.6 Å². The highest BCUT2D eigenvalue weighted by atomic mass is 35.5. The average Bonchev–Trinajstić information content (AvgIpc) is 2.69. The molecule has 1 aliphatic heterocycles. The molecule has 0 unspecified atom stereocenters. The summed E-state index contributed by atoms with van der Waals surface area (Å²) in [5, 5.41) is 6.98. The summed E-state index contributed by atoms with van der Waals surface area (Å²) in [5.74, 6) is 1.26. The molecular formula is C22H32ClN5O2. The van der Waals surface area contributed by atoms with Gasteiger partial charge in [0.25, 0.3) is 0 Å². The Labute approximate surface area is 183 Å². The monoisotopic (exact) mass is 433 g/mol. The van der Waals surface area contributed by atoms with E-state index in [4.69, 9.17) is 11.6 Å². The van der Waals surface area contributed by atoms with Gasteiger partial charge in [0.05, 0.1) is 6.54 Å². The zero-order valence-corrected chi connectivity index (χ0v) is 18.5. The van der Waals surface area contributed by atoms with Crippen molar-refractivity contribution in [3.63, 3.8) is 0 Å². The Kier molecular flexibility index (Phi) is 8.37. The first-order chi connectivity index (χ1) is 14.6. The molecule has 1 saturated heterocycles. The number of aliphatic imine (C=N–C) groups is 1. The number of benzene rings is 1. The van der Waals surface area contributed by atoms with Crippen molar-refractivity contribution in [2.45, 2.75) is 39.2 Å². The first kappa shape index (κ1) is 22.4. The summed E-state index contributed by atoms with van der Waals surface area (Å²) in [4.78, 5) is 33.1. The van der Waals surface area contributed by atoms with Crippen LogP contribution < -0.4 is 10.6 Å². The van der Waals surface area contributed by atoms with Gasteiger partial charge in [-0.15, -0.1) is 0 Å². The summed E-state index contributed by atoms with van der Waals surface area (Å²) in [7, 11) is 0. The topological polar surface area (TPSA) is 77.0 Å². The molecule has 1 saturated carbocycles. The van der Waals surface area contributed by atoms with Crippen LogP contribution in [0.25, 0.3) is 0 Å². The van der Waals surface area contributed by atoms with Gasteiger partial charge in [-0.05, 0) is 43.9 Å². The van der Waals surface area contributed by atoms with Crippen LogP contribution in [0.1, 0.15) is 38.2 Å². The van der Waals surface area contributed by atoms with Crippen molar-refractivity contribution in [1.82, 2.24) is 20.4 Å². The number of carbonyl (C=O) groups excluding carboxylic acids is 2. The molecule has 2 amide bonds. The molecule has 1 aromatic carbocycles. The van der Waals surface area contributed by atoms with Crippen molar-refractivity contribution in [1.29, 1.82) is 0 Å². The molecule has 164 valence electrons. The number of piperazine rings is 1. The first-order valence-electron chi connectivity index (χ1n) is 10.9. The second kappa shape index (κ2) is 11.2. The van der Waals surface area contributed by atoms with Crippen molar-refractivity contribution in [3.8, 4) is 0 Å². The molecule has 30 heavy (non-hydrogen) atoms. The Bertz CT molecular complexity index is 748. The van der Waals surface area contributed by atoms with Gasteiger partial charge < -0.3 is 20.4 Å². The van der Waals surface area contributed by atoms with Crippen molar-refractivity contribution in [3.05, 3.63) is 34.9 Å². The van der Waals surface area contributed by atoms with Gasteiger partial charge in [-0.2, -0.15) is 0 Å². The van der Waals surface area contributed by atoms with E-state index in [0.29, 0.717) is 37.7 Å². The molecule has 2 fully saturated rings. The van der Waals surface area contributed by atoms with E-state index >= 15 is 0 Å². The third kappa shape index (κ3) is 6.36. The number of nitrogens with zero attached hydrogens (tertiary/aromatic N) is 3. The third-order valence-corrected chi connectivity index (χ3v) is 5.86. The quantitative estimate of drug-likeness (QED) is 0.374. The number of hydrogen-bond acceptors (Lipinski definition) is 3. The highest BCUT2D eigenvalue weighted by molar-refractivity contribution is 6.30. The van der Waals surface area contributed by atoms with Gasteiger partial charge in [-0.3, -0.25) is 14.6 Å². The molecule has 3 rings (SSSR count). The summed E-state index contributed by atoms with van der Waals surface area (Å²) in [6, 6.07) is 7.61. The standard InChI is InChI=1S/C22H32ClN5O2/c1-2-24-22(26-12-4-11-25-21(30)18-5-3-6-18)28-14-13-27(20(29)16-28)15-17-7-9-19(23)10-8-17/h7-10,18H,2-6,11-16H2,1H3,(H,24,26)(H,25,30). The largest absolute Gasteiger partial charge is 0.357 e. The van der Waals surface area contributed by atoms with Gasteiger partial charge in [0.1, 0.15) is 0 Å². The van der Waals surface area contributed by atoms with E-state index in [1.54, 1.807) is 0 Å². The molecule has 0 bridgehead atoms. The van der Waals surface area contributed by atoms with Crippen LogP contribution in [-0.2, 0) is 16.1 Å². The molecule has 2 N–H and O–H groups in total. The minimum atomic E-state index is 0.0922.